The maximum Gasteiger partial charge on any atom is 0.328 e. The van der Waals surface area contributed by atoms with Crippen LogP contribution in [0.25, 0.3) is 0 Å². The number of fused-ring (bicyclic) bond motifs is 5. The van der Waals surface area contributed by atoms with Crippen LogP contribution in [-0.4, -0.2) is 49.5 Å². The van der Waals surface area contributed by atoms with Gasteiger partial charge in [0.15, 0.2) is 0 Å². The van der Waals surface area contributed by atoms with E-state index in [1.165, 1.54) is 0 Å². The van der Waals surface area contributed by atoms with E-state index < -0.39 is 21.3 Å². The molecule has 5 aliphatic carbocycles. The summed E-state index contributed by atoms with van der Waals surface area (Å²) in [5.41, 5.74) is 0.308. The lowest BCUT2D eigenvalue weighted by molar-refractivity contribution is -0.217. The second-order valence-electron chi connectivity index (χ2n) is 15.6. The Morgan fingerprint density at radius 3 is 2.30 bits per heavy atom. The second-order valence-corrected chi connectivity index (χ2v) is 17.6. The van der Waals surface area contributed by atoms with Crippen LogP contribution in [0.3, 0.4) is 0 Å². The highest BCUT2D eigenvalue weighted by Crippen LogP contribution is 2.70. The van der Waals surface area contributed by atoms with Gasteiger partial charge in [-0.25, -0.2) is 17.9 Å². The zero-order chi connectivity index (χ0) is 31.2. The summed E-state index contributed by atoms with van der Waals surface area (Å²) in [6.45, 7) is 11.5. The number of aliphatic hydroxyl groups excluding tert-OH is 1. The summed E-state index contributed by atoms with van der Waals surface area (Å²) < 4.78 is 33.9. The van der Waals surface area contributed by atoms with Crippen LogP contribution >= 0.6 is 0 Å². The fourth-order valence-corrected chi connectivity index (χ4v) is 12.9. The van der Waals surface area contributed by atoms with Crippen LogP contribution in [0.4, 0.5) is 4.79 Å². The molecule has 0 bridgehead atoms. The van der Waals surface area contributed by atoms with Crippen molar-refractivity contribution >= 4 is 22.0 Å². The number of hydrogen-bond donors (Lipinski definition) is 3. The normalized spacial score (nSPS) is 42.2. The zero-order valence-electron chi connectivity index (χ0n) is 27.3. The third-order valence-electron chi connectivity index (χ3n) is 13.5. The number of hydrogen-bond acceptors (Lipinski definition) is 6. The zero-order valence-corrected chi connectivity index (χ0v) is 28.1. The van der Waals surface area contributed by atoms with Crippen molar-refractivity contribution in [1.29, 1.82) is 0 Å². The number of aliphatic hydroxyl groups is 1. The van der Waals surface area contributed by atoms with Gasteiger partial charge in [0.1, 0.15) is 6.10 Å². The van der Waals surface area contributed by atoms with Crippen LogP contribution in [0, 0.1) is 52.3 Å². The summed E-state index contributed by atoms with van der Waals surface area (Å²) in [5.74, 6) is 2.68. The van der Waals surface area contributed by atoms with Crippen molar-refractivity contribution in [3.63, 3.8) is 0 Å². The Kier molecular flexibility index (Phi) is 9.83. The number of amides is 2. The number of nitrogens with one attached hydrogen (secondary N) is 2. The van der Waals surface area contributed by atoms with Gasteiger partial charge in [-0.1, -0.05) is 47.0 Å². The number of carbonyl (C=O) groups is 2. The first-order valence-electron chi connectivity index (χ1n) is 17.5. The SMILES string of the molecule is CC[C@H]1[C@@H](OC(C)=O)[C@@H]2[C@H](CC[C@]3(C)[C@@H]([C@H](C)CCNC(=O)NS(=O)(=O)C4CCCCC4)CC[C@@H]23)[C@@]2(C)CC[C@@H](O)C[C@@H]12. The summed E-state index contributed by atoms with van der Waals surface area (Å²) in [6.07, 6.45) is 12.8. The average molecular weight is 623 g/mol. The third-order valence-corrected chi connectivity index (χ3v) is 15.4. The van der Waals surface area contributed by atoms with Crippen LogP contribution in [-0.2, 0) is 19.6 Å². The van der Waals surface area contributed by atoms with Gasteiger partial charge in [-0.2, -0.15) is 0 Å². The molecular formula is C34H58N2O6S. The fourth-order valence-electron chi connectivity index (χ4n) is 11.5. The molecule has 0 aromatic carbocycles. The first kappa shape index (κ1) is 33.0. The van der Waals surface area contributed by atoms with Crippen LogP contribution in [0.1, 0.15) is 125 Å². The van der Waals surface area contributed by atoms with Crippen molar-refractivity contribution in [1.82, 2.24) is 10.0 Å². The van der Waals surface area contributed by atoms with Gasteiger partial charge in [0, 0.05) is 19.4 Å². The third kappa shape index (κ3) is 6.24. The van der Waals surface area contributed by atoms with E-state index in [1.807, 2.05) is 0 Å². The number of sulfonamides is 1. The van der Waals surface area contributed by atoms with E-state index >= 15 is 0 Å². The Morgan fingerprint density at radius 2 is 1.63 bits per heavy atom. The van der Waals surface area contributed by atoms with E-state index in [4.69, 9.17) is 4.74 Å². The van der Waals surface area contributed by atoms with E-state index in [0.717, 1.165) is 77.0 Å². The van der Waals surface area contributed by atoms with E-state index in [0.29, 0.717) is 54.9 Å². The summed E-state index contributed by atoms with van der Waals surface area (Å²) in [7, 11) is -3.64. The van der Waals surface area contributed by atoms with E-state index in [-0.39, 0.29) is 34.9 Å². The highest BCUT2D eigenvalue weighted by atomic mass is 32.2. The molecule has 0 saturated heterocycles. The molecule has 0 heterocycles. The molecule has 246 valence electrons. The topological polar surface area (TPSA) is 122 Å². The molecule has 5 rings (SSSR count). The van der Waals surface area contributed by atoms with Gasteiger partial charge in [-0.05, 0) is 117 Å². The van der Waals surface area contributed by atoms with Crippen molar-refractivity contribution in [2.24, 2.45) is 52.3 Å². The molecule has 0 aromatic rings. The lowest BCUT2D eigenvalue weighted by atomic mass is 9.41. The Bertz CT molecular complexity index is 1120. The van der Waals surface area contributed by atoms with Gasteiger partial charge >= 0.3 is 12.0 Å². The van der Waals surface area contributed by atoms with Gasteiger partial charge in [0.25, 0.3) is 0 Å². The summed E-state index contributed by atoms with van der Waals surface area (Å²) in [4.78, 5) is 25.0. The van der Waals surface area contributed by atoms with Crippen molar-refractivity contribution in [2.75, 3.05) is 6.54 Å². The van der Waals surface area contributed by atoms with E-state index in [9.17, 15) is 23.1 Å². The van der Waals surface area contributed by atoms with Gasteiger partial charge in [0.05, 0.1) is 11.4 Å². The number of carbonyl (C=O) groups excluding carboxylic acids is 2. The van der Waals surface area contributed by atoms with Crippen molar-refractivity contribution < 1.29 is 27.9 Å². The monoisotopic (exact) mass is 622 g/mol. The molecule has 0 spiro atoms. The molecule has 0 aromatic heterocycles. The second kappa shape index (κ2) is 12.8. The Hall–Kier alpha value is -1.35. The average Bonchev–Trinajstić information content (AvgIpc) is 3.31. The van der Waals surface area contributed by atoms with Gasteiger partial charge in [-0.3, -0.25) is 4.79 Å². The first-order chi connectivity index (χ1) is 20.3. The number of rotatable bonds is 8. The number of esters is 1. The van der Waals surface area contributed by atoms with Crippen LogP contribution in [0.5, 0.6) is 0 Å². The van der Waals surface area contributed by atoms with E-state index in [2.05, 4.69) is 37.7 Å². The molecular weight excluding hydrogens is 564 g/mol. The van der Waals surface area contributed by atoms with E-state index in [1.54, 1.807) is 6.92 Å². The Balaban J connectivity index is 1.26. The molecule has 0 aliphatic heterocycles. The Morgan fingerprint density at radius 1 is 0.953 bits per heavy atom. The summed E-state index contributed by atoms with van der Waals surface area (Å²) >= 11 is 0. The van der Waals surface area contributed by atoms with Crippen LogP contribution in [0.15, 0.2) is 0 Å². The lowest BCUT2D eigenvalue weighted by Gasteiger charge is -2.65. The highest BCUT2D eigenvalue weighted by molar-refractivity contribution is 7.90. The predicted octanol–water partition coefficient (Wildman–Crippen LogP) is 6.17. The molecule has 2 amide bonds. The van der Waals surface area contributed by atoms with Crippen LogP contribution in [0.2, 0.25) is 0 Å². The molecule has 3 N–H and O–H groups in total. The number of ether oxygens (including phenoxy) is 1. The minimum absolute atomic E-state index is 0.0916. The molecule has 5 fully saturated rings. The number of urea groups is 1. The molecule has 0 radical (unpaired) electrons. The molecule has 0 unspecified atom stereocenters. The Labute approximate surface area is 260 Å². The fraction of sp³-hybridized carbons (Fsp3) is 0.941. The first-order valence-corrected chi connectivity index (χ1v) is 19.0. The highest BCUT2D eigenvalue weighted by Gasteiger charge is 2.65. The van der Waals surface area contributed by atoms with Crippen molar-refractivity contribution in [3.8, 4) is 0 Å². The molecule has 43 heavy (non-hydrogen) atoms. The molecule has 8 nitrogen and oxygen atoms in total. The maximum absolute atomic E-state index is 12.7. The lowest BCUT2D eigenvalue weighted by Crippen LogP contribution is -2.63. The molecule has 5 aliphatic rings. The maximum atomic E-state index is 12.7. The minimum atomic E-state index is -3.64. The summed E-state index contributed by atoms with van der Waals surface area (Å²) in [5, 5.41) is 13.1. The predicted molar refractivity (Wildman–Crippen MR) is 167 cm³/mol. The molecule has 11 atom stereocenters. The van der Waals surface area contributed by atoms with Gasteiger partial charge in [-0.15, -0.1) is 0 Å². The van der Waals surface area contributed by atoms with Crippen molar-refractivity contribution in [3.05, 3.63) is 0 Å². The van der Waals surface area contributed by atoms with Gasteiger partial charge < -0.3 is 15.2 Å². The smallest absolute Gasteiger partial charge is 0.328 e. The molecule has 9 heteroatoms. The minimum Gasteiger partial charge on any atom is -0.462 e. The van der Waals surface area contributed by atoms with Gasteiger partial charge in [0.2, 0.25) is 10.0 Å². The quantitative estimate of drug-likeness (QED) is 0.278. The largest absolute Gasteiger partial charge is 0.462 e. The van der Waals surface area contributed by atoms with Crippen LogP contribution < -0.4 is 10.0 Å². The standard InChI is InChI=1S/C34H58N2O6S/c1-6-25-29-20-23(38)14-17-34(29,5)28-15-18-33(4)26(12-13-27(33)30(28)31(25)42-22(3)37)21(2)16-19-35-32(39)36-43(40,41)24-10-8-7-9-11-24/h21,23-31,38H,6-20H2,1-5H3,(H2,35,36,39)/t21-,23-,25-,26-,27+,28+,29+,30+,31-,33-,34-/m1/s1. The van der Waals surface area contributed by atoms with Crippen molar-refractivity contribution in [2.45, 2.75) is 142 Å². The molecule has 5 saturated carbocycles. The summed E-state index contributed by atoms with van der Waals surface area (Å²) in [6, 6.07) is -0.605.